The molecule has 2 heteroatoms. The molecule has 0 radical (unpaired) electrons. The van der Waals surface area contributed by atoms with Crippen LogP contribution in [0.1, 0.15) is 13.8 Å². The predicted octanol–water partition coefficient (Wildman–Crippen LogP) is 1.81. The average Bonchev–Trinajstić information content (AvgIpc) is 2.00. The van der Waals surface area contributed by atoms with Gasteiger partial charge in [-0.2, -0.15) is 0 Å². The maximum atomic E-state index is 10.0. The van der Waals surface area contributed by atoms with Crippen LogP contribution in [0.2, 0.25) is 0 Å². The third-order valence-corrected chi connectivity index (χ3v) is 1.20. The number of hydrogen-bond donors (Lipinski definition) is 1. The standard InChI is InChI=1S/C10H15NO/c1-4-5-10(6-9(2)3)7-11-8-12/h4-6,8H,1,7H2,2-3H3,(H,11,12)/b10-5+. The molecule has 0 aromatic carbocycles. The Morgan fingerprint density at radius 3 is 2.58 bits per heavy atom. The summed E-state index contributed by atoms with van der Waals surface area (Å²) in [4.78, 5) is 10.0. The Hall–Kier alpha value is -1.31. The van der Waals surface area contributed by atoms with Crippen molar-refractivity contribution in [3.05, 3.63) is 36.0 Å². The molecule has 1 N–H and O–H groups in total. The Kier molecular flexibility index (Phi) is 5.70. The lowest BCUT2D eigenvalue weighted by Gasteiger charge is -2.00. The first kappa shape index (κ1) is 10.7. The summed E-state index contributed by atoms with van der Waals surface area (Å²) in [5.41, 5.74) is 2.26. The van der Waals surface area contributed by atoms with Gasteiger partial charge in [0.25, 0.3) is 0 Å². The van der Waals surface area contributed by atoms with Crippen molar-refractivity contribution in [2.24, 2.45) is 0 Å². The van der Waals surface area contributed by atoms with E-state index in [1.54, 1.807) is 6.08 Å². The van der Waals surface area contributed by atoms with E-state index in [0.717, 1.165) is 5.57 Å². The van der Waals surface area contributed by atoms with Gasteiger partial charge in [0.1, 0.15) is 0 Å². The third kappa shape index (κ3) is 5.47. The van der Waals surface area contributed by atoms with Crippen LogP contribution in [0.4, 0.5) is 0 Å². The van der Waals surface area contributed by atoms with E-state index in [0.29, 0.717) is 13.0 Å². The first-order valence-corrected chi connectivity index (χ1v) is 3.84. The molecule has 0 aliphatic heterocycles. The number of rotatable bonds is 5. The molecule has 0 heterocycles. The summed E-state index contributed by atoms with van der Waals surface area (Å²) in [7, 11) is 0. The zero-order valence-electron chi connectivity index (χ0n) is 7.63. The van der Waals surface area contributed by atoms with Gasteiger partial charge in [0.05, 0.1) is 0 Å². The normalized spacial score (nSPS) is 10.3. The summed E-state index contributed by atoms with van der Waals surface area (Å²) >= 11 is 0. The second-order valence-corrected chi connectivity index (χ2v) is 2.70. The van der Waals surface area contributed by atoms with Crippen molar-refractivity contribution in [3.8, 4) is 0 Å². The largest absolute Gasteiger partial charge is 0.355 e. The molecule has 0 rings (SSSR count). The zero-order valence-corrected chi connectivity index (χ0v) is 7.63. The second-order valence-electron chi connectivity index (χ2n) is 2.70. The maximum absolute atomic E-state index is 10.0. The van der Waals surface area contributed by atoms with Gasteiger partial charge in [-0.05, 0) is 19.4 Å². The predicted molar refractivity (Wildman–Crippen MR) is 51.8 cm³/mol. The molecule has 2 nitrogen and oxygen atoms in total. The Balaban J connectivity index is 4.23. The smallest absolute Gasteiger partial charge is 0.207 e. The molecule has 0 aromatic rings. The van der Waals surface area contributed by atoms with E-state index >= 15 is 0 Å². The fourth-order valence-corrected chi connectivity index (χ4v) is 0.840. The minimum Gasteiger partial charge on any atom is -0.355 e. The molecule has 0 unspecified atom stereocenters. The van der Waals surface area contributed by atoms with Crippen molar-refractivity contribution in [2.45, 2.75) is 13.8 Å². The highest BCUT2D eigenvalue weighted by Gasteiger charge is 1.89. The molecule has 0 aliphatic carbocycles. The van der Waals surface area contributed by atoms with Gasteiger partial charge < -0.3 is 5.32 Å². The van der Waals surface area contributed by atoms with Gasteiger partial charge in [0.15, 0.2) is 0 Å². The first-order chi connectivity index (χ1) is 5.70. The van der Waals surface area contributed by atoms with E-state index in [-0.39, 0.29) is 0 Å². The van der Waals surface area contributed by atoms with Gasteiger partial charge in [-0.25, -0.2) is 0 Å². The van der Waals surface area contributed by atoms with Crippen molar-refractivity contribution in [3.63, 3.8) is 0 Å². The molecular weight excluding hydrogens is 150 g/mol. The molecule has 12 heavy (non-hydrogen) atoms. The highest BCUT2D eigenvalue weighted by Crippen LogP contribution is 2.00. The molecule has 0 fully saturated rings. The van der Waals surface area contributed by atoms with Gasteiger partial charge in [-0.3, -0.25) is 4.79 Å². The summed E-state index contributed by atoms with van der Waals surface area (Å²) in [6.07, 6.45) is 6.29. The lowest BCUT2D eigenvalue weighted by atomic mass is 10.2. The molecular formula is C10H15NO. The summed E-state index contributed by atoms with van der Waals surface area (Å²) in [5.74, 6) is 0. The van der Waals surface area contributed by atoms with Crippen LogP contribution in [0.5, 0.6) is 0 Å². The van der Waals surface area contributed by atoms with Gasteiger partial charge in [0.2, 0.25) is 6.41 Å². The van der Waals surface area contributed by atoms with Crippen LogP contribution in [0, 0.1) is 0 Å². The SMILES string of the molecule is C=C/C=C(\C=C(C)C)CNC=O. The van der Waals surface area contributed by atoms with Gasteiger partial charge >= 0.3 is 0 Å². The van der Waals surface area contributed by atoms with Crippen molar-refractivity contribution >= 4 is 6.41 Å². The summed E-state index contributed by atoms with van der Waals surface area (Å²) < 4.78 is 0. The Morgan fingerprint density at radius 2 is 2.17 bits per heavy atom. The van der Waals surface area contributed by atoms with E-state index in [1.807, 2.05) is 26.0 Å². The highest BCUT2D eigenvalue weighted by atomic mass is 16.1. The number of carbonyl (C=O) groups excluding carboxylic acids is 1. The van der Waals surface area contributed by atoms with Gasteiger partial charge in [-0.1, -0.05) is 30.4 Å². The maximum Gasteiger partial charge on any atom is 0.207 e. The summed E-state index contributed by atoms with van der Waals surface area (Å²) in [6.45, 7) is 8.17. The highest BCUT2D eigenvalue weighted by molar-refractivity contribution is 5.47. The number of allylic oxidation sites excluding steroid dienone is 3. The number of nitrogens with one attached hydrogen (secondary N) is 1. The molecule has 1 amide bonds. The molecule has 0 spiro atoms. The first-order valence-electron chi connectivity index (χ1n) is 3.84. The summed E-state index contributed by atoms with van der Waals surface area (Å²) in [5, 5.41) is 2.60. The lowest BCUT2D eigenvalue weighted by molar-refractivity contribution is -0.109. The van der Waals surface area contributed by atoms with Crippen molar-refractivity contribution in [1.82, 2.24) is 5.32 Å². The fraction of sp³-hybridized carbons (Fsp3) is 0.300. The van der Waals surface area contributed by atoms with E-state index in [9.17, 15) is 4.79 Å². The minimum absolute atomic E-state index is 0.556. The summed E-state index contributed by atoms with van der Waals surface area (Å²) in [6, 6.07) is 0. The number of amides is 1. The van der Waals surface area contributed by atoms with Crippen molar-refractivity contribution in [1.29, 1.82) is 0 Å². The van der Waals surface area contributed by atoms with Crippen LogP contribution in [-0.2, 0) is 4.79 Å². The van der Waals surface area contributed by atoms with Crippen LogP contribution in [0.15, 0.2) is 36.0 Å². The van der Waals surface area contributed by atoms with Crippen LogP contribution in [0.3, 0.4) is 0 Å². The van der Waals surface area contributed by atoms with Gasteiger partial charge in [0, 0.05) is 6.54 Å². The van der Waals surface area contributed by atoms with Crippen molar-refractivity contribution < 1.29 is 4.79 Å². The van der Waals surface area contributed by atoms with E-state index < -0.39 is 0 Å². The lowest BCUT2D eigenvalue weighted by Crippen LogP contribution is -2.13. The van der Waals surface area contributed by atoms with Crippen LogP contribution in [0.25, 0.3) is 0 Å². The van der Waals surface area contributed by atoms with E-state index in [1.165, 1.54) is 5.57 Å². The monoisotopic (exact) mass is 165 g/mol. The molecule has 0 bridgehead atoms. The fourth-order valence-electron chi connectivity index (χ4n) is 0.840. The van der Waals surface area contributed by atoms with Gasteiger partial charge in [-0.15, -0.1) is 0 Å². The molecule has 66 valence electrons. The average molecular weight is 165 g/mol. The number of hydrogen-bond acceptors (Lipinski definition) is 1. The molecule has 0 aliphatic rings. The Labute approximate surface area is 73.7 Å². The molecule has 0 atom stereocenters. The van der Waals surface area contributed by atoms with Crippen LogP contribution < -0.4 is 5.32 Å². The molecule has 0 aromatic heterocycles. The van der Waals surface area contributed by atoms with Crippen LogP contribution >= 0.6 is 0 Å². The Morgan fingerprint density at radius 1 is 1.50 bits per heavy atom. The zero-order chi connectivity index (χ0) is 9.40. The topological polar surface area (TPSA) is 29.1 Å². The third-order valence-electron chi connectivity index (χ3n) is 1.20. The van der Waals surface area contributed by atoms with E-state index in [2.05, 4.69) is 11.9 Å². The molecule has 0 saturated carbocycles. The minimum atomic E-state index is 0.556. The second kappa shape index (κ2) is 6.40. The molecule has 0 saturated heterocycles. The number of carbonyl (C=O) groups is 1. The van der Waals surface area contributed by atoms with Crippen LogP contribution in [-0.4, -0.2) is 13.0 Å². The Bertz CT molecular complexity index is 210. The van der Waals surface area contributed by atoms with Crippen molar-refractivity contribution in [2.75, 3.05) is 6.54 Å². The quantitative estimate of drug-likeness (QED) is 0.488. The van der Waals surface area contributed by atoms with E-state index in [4.69, 9.17) is 0 Å².